The average Bonchev–Trinajstić information content (AvgIpc) is 3.01. The first-order valence-electron chi connectivity index (χ1n) is 8.27. The number of para-hydroxylation sites is 1. The van der Waals surface area contributed by atoms with Crippen LogP contribution in [0.3, 0.4) is 0 Å². The van der Waals surface area contributed by atoms with Crippen molar-refractivity contribution in [3.63, 3.8) is 0 Å². The van der Waals surface area contributed by atoms with E-state index >= 15 is 0 Å². The van der Waals surface area contributed by atoms with Gasteiger partial charge in [-0.25, -0.2) is 13.2 Å². The van der Waals surface area contributed by atoms with Crippen LogP contribution in [0.25, 0.3) is 0 Å². The van der Waals surface area contributed by atoms with Crippen LogP contribution in [-0.2, 0) is 28.9 Å². The van der Waals surface area contributed by atoms with Gasteiger partial charge in [0.2, 0.25) is 0 Å². The predicted molar refractivity (Wildman–Crippen MR) is 97.1 cm³/mol. The van der Waals surface area contributed by atoms with Crippen molar-refractivity contribution in [2.75, 3.05) is 44.2 Å². The first-order valence-corrected chi connectivity index (χ1v) is 10.1. The van der Waals surface area contributed by atoms with Crippen molar-refractivity contribution in [3.8, 4) is 0 Å². The lowest BCUT2D eigenvalue weighted by Crippen LogP contribution is -2.48. The Kier molecular flexibility index (Phi) is 6.92. The Hall–Kier alpha value is -2.46. The van der Waals surface area contributed by atoms with Gasteiger partial charge in [-0.15, -0.1) is 0 Å². The fourth-order valence-electron chi connectivity index (χ4n) is 2.85. The summed E-state index contributed by atoms with van der Waals surface area (Å²) in [7, 11) is -0.580. The molecule has 2 amide bonds. The van der Waals surface area contributed by atoms with E-state index in [1.54, 1.807) is 12.1 Å². The number of nitrogens with zero attached hydrogens (tertiary/aromatic N) is 1. The Balaban J connectivity index is 2.18. The number of anilines is 1. The average molecular weight is 398 g/mol. The standard InChI is InChI=1S/C17H22N2O7S/c1-25-9-8-19(12-7-10-27(23,24)11-12)16(21)15(20)18-14-6-4-3-5-13(14)17(22)26-2/h3-6,12H,7-11H2,1-2H3,(H,18,20). The molecule has 1 atom stereocenters. The molecule has 148 valence electrons. The van der Waals surface area contributed by atoms with Gasteiger partial charge in [-0.05, 0) is 18.6 Å². The molecule has 1 unspecified atom stereocenters. The van der Waals surface area contributed by atoms with Crippen molar-refractivity contribution in [1.82, 2.24) is 4.90 Å². The molecule has 27 heavy (non-hydrogen) atoms. The second-order valence-electron chi connectivity index (χ2n) is 6.04. The molecule has 1 aliphatic rings. The van der Waals surface area contributed by atoms with Gasteiger partial charge in [0.05, 0.1) is 36.5 Å². The van der Waals surface area contributed by atoms with Gasteiger partial charge in [0.1, 0.15) is 0 Å². The molecule has 0 aliphatic carbocycles. The highest BCUT2D eigenvalue weighted by Crippen LogP contribution is 2.20. The van der Waals surface area contributed by atoms with Gasteiger partial charge in [0.25, 0.3) is 0 Å². The van der Waals surface area contributed by atoms with Gasteiger partial charge in [-0.1, -0.05) is 12.1 Å². The maximum Gasteiger partial charge on any atom is 0.339 e. The Morgan fingerprint density at radius 2 is 1.93 bits per heavy atom. The van der Waals surface area contributed by atoms with Crippen LogP contribution in [0.4, 0.5) is 5.69 Å². The van der Waals surface area contributed by atoms with Crippen molar-refractivity contribution >= 4 is 33.3 Å². The number of carbonyl (C=O) groups excluding carboxylic acids is 3. The van der Waals surface area contributed by atoms with E-state index in [-0.39, 0.29) is 42.3 Å². The number of amides is 2. The van der Waals surface area contributed by atoms with E-state index < -0.39 is 33.7 Å². The van der Waals surface area contributed by atoms with Crippen LogP contribution in [-0.4, -0.2) is 76.0 Å². The number of hydrogen-bond acceptors (Lipinski definition) is 7. The van der Waals surface area contributed by atoms with E-state index in [0.717, 1.165) is 0 Å². The molecule has 1 heterocycles. The van der Waals surface area contributed by atoms with Crippen LogP contribution in [0, 0.1) is 0 Å². The molecule has 1 saturated heterocycles. The number of nitrogens with one attached hydrogen (secondary N) is 1. The lowest BCUT2D eigenvalue weighted by atomic mass is 10.1. The molecule has 1 fully saturated rings. The minimum absolute atomic E-state index is 0.0266. The molecule has 1 aliphatic heterocycles. The SMILES string of the molecule is COCCN(C(=O)C(=O)Nc1ccccc1C(=O)OC)C1CCS(=O)(=O)C1. The highest BCUT2D eigenvalue weighted by Gasteiger charge is 2.36. The van der Waals surface area contributed by atoms with Gasteiger partial charge in [-0.3, -0.25) is 9.59 Å². The second kappa shape index (κ2) is 8.96. The van der Waals surface area contributed by atoms with Crippen LogP contribution >= 0.6 is 0 Å². The van der Waals surface area contributed by atoms with Gasteiger partial charge >= 0.3 is 17.8 Å². The van der Waals surface area contributed by atoms with Gasteiger partial charge in [0.15, 0.2) is 9.84 Å². The van der Waals surface area contributed by atoms with E-state index in [1.807, 2.05) is 0 Å². The second-order valence-corrected chi connectivity index (χ2v) is 8.27. The fourth-order valence-corrected chi connectivity index (χ4v) is 4.58. The highest BCUT2D eigenvalue weighted by atomic mass is 32.2. The summed E-state index contributed by atoms with van der Waals surface area (Å²) in [6.45, 7) is 0.246. The molecule has 2 rings (SSSR count). The highest BCUT2D eigenvalue weighted by molar-refractivity contribution is 7.91. The first kappa shape index (κ1) is 20.8. The number of benzene rings is 1. The van der Waals surface area contributed by atoms with Gasteiger partial charge in [-0.2, -0.15) is 0 Å². The number of rotatable bonds is 6. The van der Waals surface area contributed by atoms with Crippen LogP contribution in [0.2, 0.25) is 0 Å². The first-order chi connectivity index (χ1) is 12.8. The minimum Gasteiger partial charge on any atom is -0.465 e. The number of esters is 1. The summed E-state index contributed by atoms with van der Waals surface area (Å²) in [5, 5.41) is 2.41. The molecule has 0 radical (unpaired) electrons. The summed E-state index contributed by atoms with van der Waals surface area (Å²) < 4.78 is 33.1. The quantitative estimate of drug-likeness (QED) is 0.532. The molecular formula is C17H22N2O7S. The third-order valence-corrected chi connectivity index (χ3v) is 5.97. The predicted octanol–water partition coefficient (Wildman–Crippen LogP) is 0.0738. The zero-order valence-electron chi connectivity index (χ0n) is 15.1. The smallest absolute Gasteiger partial charge is 0.339 e. The van der Waals surface area contributed by atoms with E-state index in [0.29, 0.717) is 0 Å². The Morgan fingerprint density at radius 3 is 2.52 bits per heavy atom. The molecule has 10 heteroatoms. The molecule has 1 N–H and O–H groups in total. The lowest BCUT2D eigenvalue weighted by Gasteiger charge is -2.27. The van der Waals surface area contributed by atoms with Crippen molar-refractivity contribution in [2.24, 2.45) is 0 Å². The number of ether oxygens (including phenoxy) is 2. The van der Waals surface area contributed by atoms with Gasteiger partial charge in [0, 0.05) is 19.7 Å². The molecule has 0 spiro atoms. The topological polar surface area (TPSA) is 119 Å². The van der Waals surface area contributed by atoms with Crippen LogP contribution < -0.4 is 5.32 Å². The molecule has 1 aromatic carbocycles. The maximum atomic E-state index is 12.6. The molecule has 0 bridgehead atoms. The van der Waals surface area contributed by atoms with Crippen LogP contribution in [0.15, 0.2) is 24.3 Å². The molecule has 9 nitrogen and oxygen atoms in total. The normalized spacial score (nSPS) is 17.9. The summed E-state index contributed by atoms with van der Waals surface area (Å²) in [6, 6.07) is 5.53. The summed E-state index contributed by atoms with van der Waals surface area (Å²) >= 11 is 0. The molecule has 1 aromatic rings. The Morgan fingerprint density at radius 1 is 1.22 bits per heavy atom. The molecule has 0 saturated carbocycles. The zero-order chi connectivity index (χ0) is 20.0. The number of carbonyl (C=O) groups is 3. The van der Waals surface area contributed by atoms with E-state index in [9.17, 15) is 22.8 Å². The summed E-state index contributed by atoms with van der Waals surface area (Å²) in [5.74, 6) is -2.72. The molecule has 0 aromatic heterocycles. The number of hydrogen-bond donors (Lipinski definition) is 1. The minimum atomic E-state index is -3.23. The number of sulfone groups is 1. The fraction of sp³-hybridized carbons (Fsp3) is 0.471. The van der Waals surface area contributed by atoms with E-state index in [2.05, 4.69) is 10.1 Å². The van der Waals surface area contributed by atoms with Crippen molar-refractivity contribution in [1.29, 1.82) is 0 Å². The largest absolute Gasteiger partial charge is 0.465 e. The van der Waals surface area contributed by atoms with Crippen molar-refractivity contribution in [2.45, 2.75) is 12.5 Å². The van der Waals surface area contributed by atoms with E-state index in [4.69, 9.17) is 4.74 Å². The van der Waals surface area contributed by atoms with Crippen molar-refractivity contribution < 1.29 is 32.3 Å². The van der Waals surface area contributed by atoms with Crippen molar-refractivity contribution in [3.05, 3.63) is 29.8 Å². The number of methoxy groups -OCH3 is 2. The van der Waals surface area contributed by atoms with Crippen LogP contribution in [0.1, 0.15) is 16.8 Å². The molecular weight excluding hydrogens is 376 g/mol. The maximum absolute atomic E-state index is 12.6. The summed E-state index contributed by atoms with van der Waals surface area (Å²) in [6.07, 6.45) is 0.268. The zero-order valence-corrected chi connectivity index (χ0v) is 16.0. The summed E-state index contributed by atoms with van der Waals surface area (Å²) in [5.41, 5.74) is 0.237. The van der Waals surface area contributed by atoms with E-state index in [1.165, 1.54) is 31.3 Å². The Labute approximate surface area is 157 Å². The Bertz CT molecular complexity index is 822. The third kappa shape index (κ3) is 5.27. The lowest BCUT2D eigenvalue weighted by molar-refractivity contribution is -0.144. The van der Waals surface area contributed by atoms with Gasteiger partial charge < -0.3 is 19.7 Å². The monoisotopic (exact) mass is 398 g/mol. The van der Waals surface area contributed by atoms with Crippen LogP contribution in [0.5, 0.6) is 0 Å². The third-order valence-electron chi connectivity index (χ3n) is 4.22. The summed E-state index contributed by atoms with van der Waals surface area (Å²) in [4.78, 5) is 38.1.